The highest BCUT2D eigenvalue weighted by Gasteiger charge is 2.38. The van der Waals surface area contributed by atoms with Crippen molar-refractivity contribution in [1.82, 2.24) is 0 Å². The van der Waals surface area contributed by atoms with Crippen LogP contribution in [0.4, 0.5) is 11.4 Å². The second kappa shape index (κ2) is 12.1. The highest BCUT2D eigenvalue weighted by molar-refractivity contribution is 6.30. The smallest absolute Gasteiger partial charge is 0.303 e. The Labute approximate surface area is 227 Å². The van der Waals surface area contributed by atoms with Gasteiger partial charge in [-0.05, 0) is 86.8 Å². The van der Waals surface area contributed by atoms with E-state index in [9.17, 15) is 14.4 Å². The highest BCUT2D eigenvalue weighted by Crippen LogP contribution is 2.41. The largest absolute Gasteiger partial charge is 0.494 e. The molecule has 3 aromatic carbocycles. The summed E-state index contributed by atoms with van der Waals surface area (Å²) in [4.78, 5) is 41.6. The van der Waals surface area contributed by atoms with E-state index < -0.39 is 5.97 Å². The topological polar surface area (TPSA) is 87.2 Å². The van der Waals surface area contributed by atoms with Gasteiger partial charge in [-0.2, -0.15) is 0 Å². The molecule has 1 aliphatic rings. The van der Waals surface area contributed by atoms with Gasteiger partial charge in [-0.25, -0.2) is 0 Å². The van der Waals surface area contributed by atoms with Crippen molar-refractivity contribution in [3.8, 4) is 5.75 Å². The van der Waals surface area contributed by atoms with E-state index in [0.717, 1.165) is 16.9 Å². The molecule has 0 radical (unpaired) electrons. The SMILES string of the molecule is CCN(C(=O)[C@H]1C[C@H](C)N(C(=O)c2ccc(OCCCC(=O)O)cc2)c2ccccc21)c1ccc(Cl)cc1. The number of aliphatic carboxylic acids is 1. The fourth-order valence-corrected chi connectivity index (χ4v) is 5.00. The van der Waals surface area contributed by atoms with E-state index in [1.165, 1.54) is 0 Å². The summed E-state index contributed by atoms with van der Waals surface area (Å²) < 4.78 is 5.59. The number of carbonyl (C=O) groups excluding carboxylic acids is 2. The van der Waals surface area contributed by atoms with Crippen LogP contribution in [0.3, 0.4) is 0 Å². The lowest BCUT2D eigenvalue weighted by Crippen LogP contribution is -2.46. The molecule has 198 valence electrons. The number of halogens is 1. The lowest BCUT2D eigenvalue weighted by molar-refractivity contribution is -0.137. The van der Waals surface area contributed by atoms with E-state index in [0.29, 0.717) is 35.7 Å². The van der Waals surface area contributed by atoms with E-state index in [1.807, 2.05) is 50.2 Å². The van der Waals surface area contributed by atoms with Crippen LogP contribution in [-0.4, -0.2) is 42.1 Å². The van der Waals surface area contributed by atoms with E-state index in [4.69, 9.17) is 21.4 Å². The molecule has 2 atom stereocenters. The average molecular weight is 535 g/mol. The van der Waals surface area contributed by atoms with Crippen LogP contribution in [0.2, 0.25) is 5.02 Å². The zero-order valence-corrected chi connectivity index (χ0v) is 22.2. The molecule has 8 heteroatoms. The van der Waals surface area contributed by atoms with Crippen molar-refractivity contribution in [3.05, 3.63) is 88.9 Å². The number of likely N-dealkylation sites (N-methyl/N-ethyl adjacent to an activating group) is 1. The number of nitrogens with zero attached hydrogens (tertiary/aromatic N) is 2. The quantitative estimate of drug-likeness (QED) is 0.332. The number of para-hydroxylation sites is 1. The molecular weight excluding hydrogens is 504 g/mol. The monoisotopic (exact) mass is 534 g/mol. The third kappa shape index (κ3) is 6.00. The van der Waals surface area contributed by atoms with Crippen LogP contribution in [0.5, 0.6) is 5.75 Å². The maximum absolute atomic E-state index is 13.8. The standard InChI is InChI=1S/C30H31ClN2O5/c1-3-32(23-14-12-22(31)13-15-23)30(37)26-19-20(2)33(27-8-5-4-7-25(26)27)29(36)21-10-16-24(17-11-21)38-18-6-9-28(34)35/h4-5,7-8,10-17,20,26H,3,6,9,18-19H2,1-2H3,(H,34,35)/t20-,26-/m0/s1. The van der Waals surface area contributed by atoms with Crippen LogP contribution in [0, 0.1) is 0 Å². The third-order valence-electron chi connectivity index (χ3n) is 6.73. The number of rotatable bonds is 9. The van der Waals surface area contributed by atoms with Crippen molar-refractivity contribution >= 4 is 40.8 Å². The van der Waals surface area contributed by atoms with Crippen molar-refractivity contribution in [2.45, 2.75) is 45.1 Å². The minimum Gasteiger partial charge on any atom is -0.494 e. The summed E-state index contributed by atoms with van der Waals surface area (Å²) in [6.45, 7) is 4.71. The predicted molar refractivity (Wildman–Crippen MR) is 148 cm³/mol. The Kier molecular flexibility index (Phi) is 8.69. The highest BCUT2D eigenvalue weighted by atomic mass is 35.5. The molecule has 0 saturated carbocycles. The molecule has 0 aromatic heterocycles. The Balaban J connectivity index is 1.55. The summed E-state index contributed by atoms with van der Waals surface area (Å²) in [5.41, 5.74) is 2.85. The predicted octanol–water partition coefficient (Wildman–Crippen LogP) is 6.16. The first kappa shape index (κ1) is 27.2. The number of benzene rings is 3. The average Bonchev–Trinajstić information content (AvgIpc) is 2.92. The van der Waals surface area contributed by atoms with Gasteiger partial charge >= 0.3 is 5.97 Å². The molecule has 0 saturated heterocycles. The van der Waals surface area contributed by atoms with Crippen LogP contribution in [0.25, 0.3) is 0 Å². The number of anilines is 2. The molecular formula is C30H31ClN2O5. The number of fused-ring (bicyclic) bond motifs is 1. The molecule has 38 heavy (non-hydrogen) atoms. The van der Waals surface area contributed by atoms with Gasteiger partial charge in [0, 0.05) is 41.0 Å². The summed E-state index contributed by atoms with van der Waals surface area (Å²) >= 11 is 6.05. The van der Waals surface area contributed by atoms with Gasteiger partial charge in [-0.3, -0.25) is 14.4 Å². The van der Waals surface area contributed by atoms with Crippen LogP contribution >= 0.6 is 11.6 Å². The maximum Gasteiger partial charge on any atom is 0.303 e. The molecule has 0 unspecified atom stereocenters. The number of amides is 2. The Morgan fingerprint density at radius 1 is 1.03 bits per heavy atom. The van der Waals surface area contributed by atoms with E-state index in [1.54, 1.807) is 46.2 Å². The first-order valence-electron chi connectivity index (χ1n) is 12.7. The maximum atomic E-state index is 13.8. The van der Waals surface area contributed by atoms with Crippen LogP contribution in [0.1, 0.15) is 54.9 Å². The number of carbonyl (C=O) groups is 3. The van der Waals surface area contributed by atoms with Gasteiger partial charge in [-0.15, -0.1) is 0 Å². The van der Waals surface area contributed by atoms with Crippen molar-refractivity contribution in [2.75, 3.05) is 23.0 Å². The first-order valence-corrected chi connectivity index (χ1v) is 13.1. The summed E-state index contributed by atoms with van der Waals surface area (Å²) in [5.74, 6) is -0.834. The second-order valence-electron chi connectivity index (χ2n) is 9.30. The number of hydrogen-bond acceptors (Lipinski definition) is 4. The summed E-state index contributed by atoms with van der Waals surface area (Å²) in [5, 5.41) is 9.36. The Bertz CT molecular complexity index is 1290. The van der Waals surface area contributed by atoms with Crippen molar-refractivity contribution in [2.24, 2.45) is 0 Å². The molecule has 0 bridgehead atoms. The van der Waals surface area contributed by atoms with E-state index >= 15 is 0 Å². The van der Waals surface area contributed by atoms with Gasteiger partial charge in [0.2, 0.25) is 5.91 Å². The molecule has 1 N–H and O–H groups in total. The number of hydrogen-bond donors (Lipinski definition) is 1. The summed E-state index contributed by atoms with van der Waals surface area (Å²) in [6, 6.07) is 21.5. The fourth-order valence-electron chi connectivity index (χ4n) is 4.88. The minimum absolute atomic E-state index is 0.00868. The van der Waals surface area contributed by atoms with Gasteiger partial charge in [0.05, 0.1) is 12.5 Å². The molecule has 7 nitrogen and oxygen atoms in total. The van der Waals surface area contributed by atoms with Gasteiger partial charge in [0.1, 0.15) is 5.75 Å². The van der Waals surface area contributed by atoms with Gasteiger partial charge in [0.15, 0.2) is 0 Å². The molecule has 3 aromatic rings. The van der Waals surface area contributed by atoms with Gasteiger partial charge in [-0.1, -0.05) is 29.8 Å². The van der Waals surface area contributed by atoms with Crippen LogP contribution in [-0.2, 0) is 9.59 Å². The minimum atomic E-state index is -0.859. The fraction of sp³-hybridized carbons (Fsp3) is 0.300. The van der Waals surface area contributed by atoms with Crippen molar-refractivity contribution < 1.29 is 24.2 Å². The Morgan fingerprint density at radius 3 is 2.37 bits per heavy atom. The Hall–Kier alpha value is -3.84. The first-order chi connectivity index (χ1) is 18.3. The van der Waals surface area contributed by atoms with Crippen molar-refractivity contribution in [3.63, 3.8) is 0 Å². The third-order valence-corrected chi connectivity index (χ3v) is 6.98. The van der Waals surface area contributed by atoms with Crippen molar-refractivity contribution in [1.29, 1.82) is 0 Å². The lowest BCUT2D eigenvalue weighted by atomic mass is 9.84. The molecule has 1 aliphatic heterocycles. The van der Waals surface area contributed by atoms with Crippen LogP contribution in [0.15, 0.2) is 72.8 Å². The molecule has 2 amide bonds. The zero-order valence-electron chi connectivity index (χ0n) is 21.5. The number of ether oxygens (including phenoxy) is 1. The summed E-state index contributed by atoms with van der Waals surface area (Å²) in [7, 11) is 0. The van der Waals surface area contributed by atoms with E-state index in [-0.39, 0.29) is 36.8 Å². The Morgan fingerprint density at radius 2 is 1.71 bits per heavy atom. The normalized spacial score (nSPS) is 16.4. The van der Waals surface area contributed by atoms with E-state index in [2.05, 4.69) is 0 Å². The molecule has 1 heterocycles. The van der Waals surface area contributed by atoms with Gasteiger partial charge in [0.25, 0.3) is 5.91 Å². The number of carboxylic acid groups (broad SMARTS) is 1. The van der Waals surface area contributed by atoms with Crippen LogP contribution < -0.4 is 14.5 Å². The lowest BCUT2D eigenvalue weighted by Gasteiger charge is -2.40. The number of carboxylic acids is 1. The molecule has 0 spiro atoms. The second-order valence-corrected chi connectivity index (χ2v) is 9.74. The molecule has 0 fully saturated rings. The molecule has 4 rings (SSSR count). The molecule has 0 aliphatic carbocycles. The summed E-state index contributed by atoms with van der Waals surface area (Å²) in [6.07, 6.45) is 0.948. The zero-order chi connectivity index (χ0) is 27.2. The van der Waals surface area contributed by atoms with Gasteiger partial charge < -0.3 is 19.6 Å².